The average molecular weight is 392 g/mol. The van der Waals surface area contributed by atoms with Gasteiger partial charge in [0.15, 0.2) is 16.6 Å². The van der Waals surface area contributed by atoms with E-state index in [4.69, 9.17) is 9.47 Å². The van der Waals surface area contributed by atoms with E-state index in [1.807, 2.05) is 23.6 Å². The van der Waals surface area contributed by atoms with E-state index < -0.39 is 0 Å². The number of amides is 1. The van der Waals surface area contributed by atoms with E-state index in [1.165, 1.54) is 35.3 Å². The summed E-state index contributed by atoms with van der Waals surface area (Å²) in [4.78, 5) is 17.0. The minimum Gasteiger partial charge on any atom is -0.486 e. The Hall–Kier alpha value is -2.86. The SMILES string of the molecule is O=C(Cc1ccc2c(c1)OCCO2)Nc1nc(-c2ccc3c(c2)CCC3)cs1. The highest BCUT2D eigenvalue weighted by Gasteiger charge is 2.15. The number of carbonyl (C=O) groups is 1. The van der Waals surface area contributed by atoms with Crippen molar-refractivity contribution < 1.29 is 14.3 Å². The van der Waals surface area contributed by atoms with Crippen LogP contribution in [0.5, 0.6) is 11.5 Å². The van der Waals surface area contributed by atoms with E-state index in [0.717, 1.165) is 29.0 Å². The summed E-state index contributed by atoms with van der Waals surface area (Å²) in [5, 5.41) is 5.53. The number of ether oxygens (including phenoxy) is 2. The molecule has 5 nitrogen and oxygen atoms in total. The Morgan fingerprint density at radius 3 is 2.82 bits per heavy atom. The average Bonchev–Trinajstić information content (AvgIpc) is 3.36. The zero-order chi connectivity index (χ0) is 18.9. The molecule has 1 N–H and O–H groups in total. The first-order valence-corrected chi connectivity index (χ1v) is 10.4. The van der Waals surface area contributed by atoms with Crippen LogP contribution in [0.4, 0.5) is 5.13 Å². The first-order chi connectivity index (χ1) is 13.7. The van der Waals surface area contributed by atoms with E-state index in [1.54, 1.807) is 0 Å². The summed E-state index contributed by atoms with van der Waals surface area (Å²) >= 11 is 1.45. The second-order valence-corrected chi connectivity index (χ2v) is 7.94. The molecule has 3 aromatic rings. The summed E-state index contributed by atoms with van der Waals surface area (Å²) in [6, 6.07) is 12.2. The van der Waals surface area contributed by atoms with Crippen molar-refractivity contribution in [2.75, 3.05) is 18.5 Å². The lowest BCUT2D eigenvalue weighted by molar-refractivity contribution is -0.115. The van der Waals surface area contributed by atoms with Gasteiger partial charge in [-0.25, -0.2) is 4.98 Å². The first-order valence-electron chi connectivity index (χ1n) is 9.51. The molecule has 0 spiro atoms. The van der Waals surface area contributed by atoms with Gasteiger partial charge >= 0.3 is 0 Å². The van der Waals surface area contributed by atoms with Crippen molar-refractivity contribution in [2.45, 2.75) is 25.7 Å². The number of carbonyl (C=O) groups excluding carboxylic acids is 1. The molecule has 142 valence electrons. The minimum atomic E-state index is -0.0912. The molecule has 0 fully saturated rings. The molecular formula is C22H20N2O3S. The van der Waals surface area contributed by atoms with Crippen molar-refractivity contribution in [1.29, 1.82) is 0 Å². The third kappa shape index (κ3) is 3.47. The molecular weight excluding hydrogens is 372 g/mol. The van der Waals surface area contributed by atoms with Gasteiger partial charge in [-0.1, -0.05) is 18.2 Å². The highest BCUT2D eigenvalue weighted by atomic mass is 32.1. The van der Waals surface area contributed by atoms with Crippen LogP contribution in [0.25, 0.3) is 11.3 Å². The summed E-state index contributed by atoms with van der Waals surface area (Å²) in [6.45, 7) is 1.09. The smallest absolute Gasteiger partial charge is 0.230 e. The van der Waals surface area contributed by atoms with Gasteiger partial charge in [0.05, 0.1) is 12.1 Å². The van der Waals surface area contributed by atoms with Crippen LogP contribution in [0.1, 0.15) is 23.1 Å². The van der Waals surface area contributed by atoms with Gasteiger partial charge in [-0.15, -0.1) is 11.3 Å². The lowest BCUT2D eigenvalue weighted by Gasteiger charge is -2.18. The number of nitrogens with one attached hydrogen (secondary N) is 1. The molecule has 0 saturated carbocycles. The number of anilines is 1. The summed E-state index contributed by atoms with van der Waals surface area (Å²) in [6.07, 6.45) is 3.82. The second-order valence-electron chi connectivity index (χ2n) is 7.08. The number of fused-ring (bicyclic) bond motifs is 2. The highest BCUT2D eigenvalue weighted by molar-refractivity contribution is 7.14. The number of thiazole rings is 1. The van der Waals surface area contributed by atoms with Gasteiger partial charge in [-0.2, -0.15) is 0 Å². The van der Waals surface area contributed by atoms with Crippen LogP contribution < -0.4 is 14.8 Å². The molecule has 0 unspecified atom stereocenters. The van der Waals surface area contributed by atoms with Crippen LogP contribution in [0.3, 0.4) is 0 Å². The van der Waals surface area contributed by atoms with Crippen LogP contribution in [0.2, 0.25) is 0 Å². The van der Waals surface area contributed by atoms with Crippen LogP contribution in [0, 0.1) is 0 Å². The lowest BCUT2D eigenvalue weighted by atomic mass is 10.1. The number of hydrogen-bond donors (Lipinski definition) is 1. The Balaban J connectivity index is 1.26. The fourth-order valence-electron chi connectivity index (χ4n) is 3.74. The number of nitrogens with zero attached hydrogens (tertiary/aromatic N) is 1. The maximum absolute atomic E-state index is 12.4. The first kappa shape index (κ1) is 17.3. The van der Waals surface area contributed by atoms with Gasteiger partial charge in [-0.05, 0) is 54.2 Å². The van der Waals surface area contributed by atoms with E-state index in [0.29, 0.717) is 24.1 Å². The van der Waals surface area contributed by atoms with Crippen LogP contribution in [-0.2, 0) is 24.1 Å². The second kappa shape index (κ2) is 7.28. The zero-order valence-corrected chi connectivity index (χ0v) is 16.2. The van der Waals surface area contributed by atoms with E-state index >= 15 is 0 Å². The molecule has 0 radical (unpaired) electrons. The van der Waals surface area contributed by atoms with Crippen LogP contribution in [-0.4, -0.2) is 24.1 Å². The minimum absolute atomic E-state index is 0.0912. The summed E-state index contributed by atoms with van der Waals surface area (Å²) < 4.78 is 11.1. The predicted octanol–water partition coefficient (Wildman–Crippen LogP) is 4.25. The molecule has 0 atom stereocenters. The lowest BCUT2D eigenvalue weighted by Crippen LogP contribution is -2.17. The topological polar surface area (TPSA) is 60.5 Å². The van der Waals surface area contributed by atoms with E-state index in [-0.39, 0.29) is 12.3 Å². The maximum Gasteiger partial charge on any atom is 0.230 e. The number of benzene rings is 2. The molecule has 1 aromatic heterocycles. The molecule has 28 heavy (non-hydrogen) atoms. The van der Waals surface area contributed by atoms with Gasteiger partial charge < -0.3 is 14.8 Å². The fraction of sp³-hybridized carbons (Fsp3) is 0.273. The molecule has 0 bridgehead atoms. The molecule has 1 aliphatic carbocycles. The Kier molecular flexibility index (Phi) is 4.49. The van der Waals surface area contributed by atoms with Gasteiger partial charge in [0.25, 0.3) is 0 Å². The molecule has 1 aliphatic heterocycles. The van der Waals surface area contributed by atoms with Gasteiger partial charge in [0, 0.05) is 10.9 Å². The maximum atomic E-state index is 12.4. The van der Waals surface area contributed by atoms with Crippen molar-refractivity contribution in [3.05, 3.63) is 58.5 Å². The molecule has 5 rings (SSSR count). The Bertz CT molecular complexity index is 1040. The van der Waals surface area contributed by atoms with Crippen molar-refractivity contribution in [3.8, 4) is 22.8 Å². The van der Waals surface area contributed by atoms with Gasteiger partial charge in [0.1, 0.15) is 13.2 Å². The van der Waals surface area contributed by atoms with Gasteiger partial charge in [-0.3, -0.25) is 4.79 Å². The van der Waals surface area contributed by atoms with Crippen molar-refractivity contribution in [3.63, 3.8) is 0 Å². The quantitative estimate of drug-likeness (QED) is 0.721. The van der Waals surface area contributed by atoms with E-state index in [2.05, 4.69) is 28.5 Å². The number of aromatic nitrogens is 1. The van der Waals surface area contributed by atoms with Crippen LogP contribution in [0.15, 0.2) is 41.8 Å². The molecule has 1 amide bonds. The molecule has 0 saturated heterocycles. The standard InChI is InChI=1S/C22H20N2O3S/c25-21(11-14-4-7-19-20(10-14)27-9-8-26-19)24-22-23-18(13-28-22)17-6-5-15-2-1-3-16(15)12-17/h4-7,10,12-13H,1-3,8-9,11H2,(H,23,24,25). The molecule has 6 heteroatoms. The summed E-state index contributed by atoms with van der Waals surface area (Å²) in [7, 11) is 0. The third-order valence-corrected chi connectivity index (χ3v) is 5.87. The van der Waals surface area contributed by atoms with Crippen molar-refractivity contribution in [1.82, 2.24) is 4.98 Å². The molecule has 2 aliphatic rings. The molecule has 2 aromatic carbocycles. The summed E-state index contributed by atoms with van der Waals surface area (Å²) in [5.74, 6) is 1.34. The number of rotatable bonds is 4. The summed E-state index contributed by atoms with van der Waals surface area (Å²) in [5.41, 5.74) is 5.79. The fourth-order valence-corrected chi connectivity index (χ4v) is 4.48. The predicted molar refractivity (Wildman–Crippen MR) is 109 cm³/mol. The van der Waals surface area contributed by atoms with Crippen molar-refractivity contribution >= 4 is 22.4 Å². The van der Waals surface area contributed by atoms with E-state index in [9.17, 15) is 4.79 Å². The third-order valence-electron chi connectivity index (χ3n) is 5.12. The Morgan fingerprint density at radius 2 is 1.89 bits per heavy atom. The number of aryl methyl sites for hydroxylation is 2. The highest BCUT2D eigenvalue weighted by Crippen LogP contribution is 2.32. The Morgan fingerprint density at radius 1 is 1.04 bits per heavy atom. The normalized spacial score (nSPS) is 14.6. The van der Waals surface area contributed by atoms with Crippen LogP contribution >= 0.6 is 11.3 Å². The van der Waals surface area contributed by atoms with Crippen molar-refractivity contribution in [2.24, 2.45) is 0 Å². The van der Waals surface area contributed by atoms with Gasteiger partial charge in [0.2, 0.25) is 5.91 Å². The zero-order valence-electron chi connectivity index (χ0n) is 15.4. The largest absolute Gasteiger partial charge is 0.486 e. The monoisotopic (exact) mass is 392 g/mol. The number of hydrogen-bond acceptors (Lipinski definition) is 5. The Labute approximate surface area is 167 Å². The molecule has 2 heterocycles.